The van der Waals surface area contributed by atoms with Gasteiger partial charge in [0, 0.05) is 22.4 Å². The molecule has 0 radical (unpaired) electrons. The summed E-state index contributed by atoms with van der Waals surface area (Å²) in [5.74, 6) is 0. The second-order valence-electron chi connectivity index (χ2n) is 5.00. The molecule has 0 aliphatic heterocycles. The number of pyridine rings is 1. The smallest absolute Gasteiger partial charge is 0.161 e. The number of rotatable bonds is 0. The number of furan rings is 1. The van der Waals surface area contributed by atoms with Gasteiger partial charge in [-0.1, -0.05) is 24.3 Å². The van der Waals surface area contributed by atoms with E-state index in [2.05, 4.69) is 49.2 Å². The predicted octanol–water partition coefficient (Wildman–Crippen LogP) is 4.75. The molecule has 19 heavy (non-hydrogen) atoms. The van der Waals surface area contributed by atoms with E-state index in [0.29, 0.717) is 0 Å². The van der Waals surface area contributed by atoms with Gasteiger partial charge in [-0.15, -0.1) is 0 Å². The fraction of sp³-hybridized carbons (Fsp3) is 0.118. The minimum atomic E-state index is 0.891. The Morgan fingerprint density at radius 2 is 1.68 bits per heavy atom. The van der Waals surface area contributed by atoms with Crippen molar-refractivity contribution in [2.45, 2.75) is 13.8 Å². The molecular weight excluding hydrogens is 234 g/mol. The Morgan fingerprint density at radius 3 is 2.58 bits per heavy atom. The molecule has 0 N–H and O–H groups in total. The minimum absolute atomic E-state index is 0.891. The zero-order valence-electron chi connectivity index (χ0n) is 10.9. The highest BCUT2D eigenvalue weighted by Gasteiger charge is 2.12. The van der Waals surface area contributed by atoms with E-state index in [1.165, 1.54) is 16.5 Å². The van der Waals surface area contributed by atoms with Gasteiger partial charge in [0.2, 0.25) is 0 Å². The summed E-state index contributed by atoms with van der Waals surface area (Å²) in [6, 6.07) is 12.5. The fourth-order valence-electron chi connectivity index (χ4n) is 2.67. The SMILES string of the molecule is Cc1ccc2c(oc3c2ccc2cccnc23)c1C. The molecule has 0 aliphatic rings. The van der Waals surface area contributed by atoms with Crippen molar-refractivity contribution in [1.82, 2.24) is 4.98 Å². The third-order valence-electron chi connectivity index (χ3n) is 3.90. The number of benzene rings is 2. The maximum Gasteiger partial charge on any atom is 0.161 e. The molecule has 2 heteroatoms. The van der Waals surface area contributed by atoms with Crippen LogP contribution in [0.2, 0.25) is 0 Å². The molecule has 0 saturated carbocycles. The van der Waals surface area contributed by atoms with Crippen molar-refractivity contribution >= 4 is 32.8 Å². The highest BCUT2D eigenvalue weighted by molar-refractivity contribution is 6.14. The first-order valence-electron chi connectivity index (χ1n) is 6.42. The first-order valence-corrected chi connectivity index (χ1v) is 6.42. The first kappa shape index (κ1) is 10.6. The Hall–Kier alpha value is -2.35. The van der Waals surface area contributed by atoms with Crippen LogP contribution in [0.4, 0.5) is 0 Å². The van der Waals surface area contributed by atoms with Gasteiger partial charge in [-0.05, 0) is 37.1 Å². The quantitative estimate of drug-likeness (QED) is 0.448. The van der Waals surface area contributed by atoms with Crippen molar-refractivity contribution in [3.8, 4) is 0 Å². The number of fused-ring (bicyclic) bond motifs is 5. The molecule has 0 unspecified atom stereocenters. The van der Waals surface area contributed by atoms with Crippen molar-refractivity contribution in [3.05, 3.63) is 53.7 Å². The molecule has 0 spiro atoms. The summed E-state index contributed by atoms with van der Waals surface area (Å²) in [6.07, 6.45) is 1.81. The van der Waals surface area contributed by atoms with Crippen molar-refractivity contribution in [2.24, 2.45) is 0 Å². The summed E-state index contributed by atoms with van der Waals surface area (Å²) in [5, 5.41) is 3.43. The summed E-state index contributed by atoms with van der Waals surface area (Å²) in [7, 11) is 0. The Labute approximate surface area is 110 Å². The van der Waals surface area contributed by atoms with Gasteiger partial charge in [-0.3, -0.25) is 4.98 Å². The van der Waals surface area contributed by atoms with Gasteiger partial charge < -0.3 is 4.42 Å². The molecule has 2 nitrogen and oxygen atoms in total. The molecule has 92 valence electrons. The van der Waals surface area contributed by atoms with Crippen LogP contribution in [0, 0.1) is 13.8 Å². The molecule has 2 aromatic carbocycles. The second kappa shape index (κ2) is 3.58. The van der Waals surface area contributed by atoms with E-state index in [0.717, 1.165) is 27.5 Å². The lowest BCUT2D eigenvalue weighted by Gasteiger charge is -1.98. The lowest BCUT2D eigenvalue weighted by molar-refractivity contribution is 0.668. The van der Waals surface area contributed by atoms with Gasteiger partial charge in [0.05, 0.1) is 0 Å². The molecule has 0 saturated heterocycles. The van der Waals surface area contributed by atoms with Crippen LogP contribution in [0.15, 0.2) is 47.0 Å². The molecule has 0 atom stereocenters. The molecule has 0 aliphatic carbocycles. The van der Waals surface area contributed by atoms with E-state index >= 15 is 0 Å². The van der Waals surface area contributed by atoms with Crippen molar-refractivity contribution < 1.29 is 4.42 Å². The van der Waals surface area contributed by atoms with Crippen LogP contribution in [0.1, 0.15) is 11.1 Å². The fourth-order valence-corrected chi connectivity index (χ4v) is 2.67. The Balaban J connectivity index is 2.30. The maximum atomic E-state index is 6.11. The van der Waals surface area contributed by atoms with E-state index in [-0.39, 0.29) is 0 Å². The molecule has 0 fully saturated rings. The largest absolute Gasteiger partial charge is 0.453 e. The third kappa shape index (κ3) is 1.34. The highest BCUT2D eigenvalue weighted by Crippen LogP contribution is 2.35. The van der Waals surface area contributed by atoms with E-state index in [1.807, 2.05) is 12.3 Å². The third-order valence-corrected chi connectivity index (χ3v) is 3.90. The molecule has 2 aromatic heterocycles. The van der Waals surface area contributed by atoms with Crippen molar-refractivity contribution in [1.29, 1.82) is 0 Å². The normalized spacial score (nSPS) is 11.7. The average Bonchev–Trinajstić information content (AvgIpc) is 2.83. The van der Waals surface area contributed by atoms with E-state index in [9.17, 15) is 0 Å². The summed E-state index contributed by atoms with van der Waals surface area (Å²) in [5.41, 5.74) is 5.27. The van der Waals surface area contributed by atoms with Crippen LogP contribution >= 0.6 is 0 Å². The van der Waals surface area contributed by atoms with Gasteiger partial charge in [-0.2, -0.15) is 0 Å². The van der Waals surface area contributed by atoms with Crippen LogP contribution < -0.4 is 0 Å². The molecule has 4 rings (SSSR count). The molecule has 0 amide bonds. The second-order valence-corrected chi connectivity index (χ2v) is 5.00. The van der Waals surface area contributed by atoms with E-state index in [1.54, 1.807) is 0 Å². The standard InChI is InChI=1S/C17H13NO/c1-10-5-7-13-14-8-6-12-4-3-9-18-15(12)17(14)19-16(13)11(10)2/h3-9H,1-2H3. The number of hydrogen-bond donors (Lipinski definition) is 0. The lowest BCUT2D eigenvalue weighted by atomic mass is 10.0. The highest BCUT2D eigenvalue weighted by atomic mass is 16.3. The van der Waals surface area contributed by atoms with E-state index in [4.69, 9.17) is 4.42 Å². The Kier molecular flexibility index (Phi) is 1.99. The van der Waals surface area contributed by atoms with E-state index < -0.39 is 0 Å². The van der Waals surface area contributed by atoms with Gasteiger partial charge in [0.1, 0.15) is 11.1 Å². The summed E-state index contributed by atoms with van der Waals surface area (Å²) in [4.78, 5) is 4.46. The molecule has 4 aromatic rings. The van der Waals surface area contributed by atoms with Crippen molar-refractivity contribution in [3.63, 3.8) is 0 Å². The molecule has 0 bridgehead atoms. The lowest BCUT2D eigenvalue weighted by Crippen LogP contribution is -1.79. The number of aryl methyl sites for hydroxylation is 2. The average molecular weight is 247 g/mol. The number of nitrogens with zero attached hydrogens (tertiary/aromatic N) is 1. The van der Waals surface area contributed by atoms with Gasteiger partial charge in [0.15, 0.2) is 5.58 Å². The molecule has 2 heterocycles. The van der Waals surface area contributed by atoms with Crippen LogP contribution in [-0.4, -0.2) is 4.98 Å². The Morgan fingerprint density at radius 1 is 0.895 bits per heavy atom. The topological polar surface area (TPSA) is 26.0 Å². The molecular formula is C17H13NO. The number of hydrogen-bond acceptors (Lipinski definition) is 2. The number of aromatic nitrogens is 1. The summed E-state index contributed by atoms with van der Waals surface area (Å²) < 4.78 is 6.11. The van der Waals surface area contributed by atoms with Crippen LogP contribution in [0.5, 0.6) is 0 Å². The predicted molar refractivity (Wildman–Crippen MR) is 78.5 cm³/mol. The first-order chi connectivity index (χ1) is 9.25. The Bertz CT molecular complexity index is 934. The van der Waals surface area contributed by atoms with Crippen LogP contribution in [0.3, 0.4) is 0 Å². The van der Waals surface area contributed by atoms with Crippen molar-refractivity contribution in [2.75, 3.05) is 0 Å². The zero-order chi connectivity index (χ0) is 13.0. The van der Waals surface area contributed by atoms with Gasteiger partial charge in [-0.25, -0.2) is 0 Å². The monoisotopic (exact) mass is 247 g/mol. The van der Waals surface area contributed by atoms with Gasteiger partial charge in [0.25, 0.3) is 0 Å². The summed E-state index contributed by atoms with van der Waals surface area (Å²) in [6.45, 7) is 4.22. The van der Waals surface area contributed by atoms with Crippen LogP contribution in [-0.2, 0) is 0 Å². The maximum absolute atomic E-state index is 6.11. The zero-order valence-corrected chi connectivity index (χ0v) is 10.9. The van der Waals surface area contributed by atoms with Gasteiger partial charge >= 0.3 is 0 Å². The minimum Gasteiger partial charge on any atom is -0.453 e. The summed E-state index contributed by atoms with van der Waals surface area (Å²) >= 11 is 0. The van der Waals surface area contributed by atoms with Crippen LogP contribution in [0.25, 0.3) is 32.8 Å².